The summed E-state index contributed by atoms with van der Waals surface area (Å²) in [4.78, 5) is 8.92. The van der Waals surface area contributed by atoms with Gasteiger partial charge in [0.25, 0.3) is 0 Å². The van der Waals surface area contributed by atoms with Crippen LogP contribution in [0, 0.1) is 6.92 Å². The Morgan fingerprint density at radius 3 is 2.60 bits per heavy atom. The monoisotopic (exact) mass is 474 g/mol. The molecule has 0 amide bonds. The van der Waals surface area contributed by atoms with Crippen LogP contribution in [0.5, 0.6) is 0 Å². The van der Waals surface area contributed by atoms with Crippen molar-refractivity contribution in [3.63, 3.8) is 0 Å². The summed E-state index contributed by atoms with van der Waals surface area (Å²) >= 11 is 1.69. The summed E-state index contributed by atoms with van der Waals surface area (Å²) in [7, 11) is 1.77. The minimum Gasteiger partial charge on any atom is -0.380 e. The van der Waals surface area contributed by atoms with Crippen LogP contribution in [0.3, 0.4) is 0 Å². The number of aliphatic imine (C=N–C) groups is 1. The number of aromatic nitrogens is 1. The van der Waals surface area contributed by atoms with Crippen LogP contribution < -0.4 is 10.6 Å². The quantitative estimate of drug-likeness (QED) is 0.266. The van der Waals surface area contributed by atoms with Gasteiger partial charge in [-0.15, -0.1) is 35.3 Å². The van der Waals surface area contributed by atoms with E-state index in [9.17, 15) is 0 Å². The van der Waals surface area contributed by atoms with Crippen molar-refractivity contribution in [1.29, 1.82) is 0 Å². The molecule has 7 heteroatoms. The number of guanidine groups is 1. The van der Waals surface area contributed by atoms with E-state index in [0.717, 1.165) is 42.8 Å². The molecule has 0 spiro atoms. The van der Waals surface area contributed by atoms with E-state index in [1.54, 1.807) is 18.4 Å². The van der Waals surface area contributed by atoms with E-state index in [1.807, 2.05) is 6.92 Å². The van der Waals surface area contributed by atoms with Gasteiger partial charge in [-0.3, -0.25) is 4.99 Å². The van der Waals surface area contributed by atoms with Gasteiger partial charge >= 0.3 is 0 Å². The molecule has 1 heterocycles. The van der Waals surface area contributed by atoms with Crippen molar-refractivity contribution < 1.29 is 4.74 Å². The fraction of sp³-hybridized carbons (Fsp3) is 0.444. The standard InChI is InChI=1S/C18H26N4OS.HI/c1-4-23-12-11-21-18(19-3)20-10-9-16-13-24-17(22-16)15-7-5-14(2)6-8-15;/h5-8,13H,4,9-12H2,1-3H3,(H2,19,20,21);1H. The number of thiazole rings is 1. The molecule has 0 unspecified atom stereocenters. The molecule has 2 aromatic rings. The molecule has 2 rings (SSSR count). The van der Waals surface area contributed by atoms with Crippen LogP contribution in [0.2, 0.25) is 0 Å². The van der Waals surface area contributed by atoms with Crippen LogP contribution in [0.15, 0.2) is 34.6 Å². The van der Waals surface area contributed by atoms with Gasteiger partial charge in [0.15, 0.2) is 5.96 Å². The van der Waals surface area contributed by atoms with E-state index >= 15 is 0 Å². The highest BCUT2D eigenvalue weighted by Gasteiger charge is 2.05. The number of aryl methyl sites for hydroxylation is 1. The molecule has 0 aliphatic carbocycles. The molecule has 5 nitrogen and oxygen atoms in total. The predicted octanol–water partition coefficient (Wildman–Crippen LogP) is 3.48. The Bertz CT molecular complexity index is 643. The van der Waals surface area contributed by atoms with Gasteiger partial charge in [0.2, 0.25) is 0 Å². The maximum atomic E-state index is 5.30. The van der Waals surface area contributed by atoms with Crippen molar-refractivity contribution in [3.8, 4) is 10.6 Å². The molecule has 1 aromatic heterocycles. The Hall–Kier alpha value is -1.19. The molecule has 1 aromatic carbocycles. The first-order valence-corrected chi connectivity index (χ1v) is 9.14. The zero-order valence-electron chi connectivity index (χ0n) is 15.0. The highest BCUT2D eigenvalue weighted by molar-refractivity contribution is 14.0. The van der Waals surface area contributed by atoms with Crippen LogP contribution in [0.4, 0.5) is 0 Å². The van der Waals surface area contributed by atoms with Gasteiger partial charge in [-0.05, 0) is 13.8 Å². The summed E-state index contributed by atoms with van der Waals surface area (Å²) in [6.45, 7) is 7.06. The second kappa shape index (κ2) is 12.2. The van der Waals surface area contributed by atoms with Crippen molar-refractivity contribution in [1.82, 2.24) is 15.6 Å². The molecule has 0 aliphatic rings. The van der Waals surface area contributed by atoms with Gasteiger partial charge in [0.1, 0.15) is 5.01 Å². The average Bonchev–Trinajstić information content (AvgIpc) is 3.06. The number of ether oxygens (including phenoxy) is 1. The fourth-order valence-electron chi connectivity index (χ4n) is 2.17. The second-order valence-corrected chi connectivity index (χ2v) is 6.24. The maximum Gasteiger partial charge on any atom is 0.191 e. The smallest absolute Gasteiger partial charge is 0.191 e. The van der Waals surface area contributed by atoms with Crippen LogP contribution in [0.1, 0.15) is 18.2 Å². The predicted molar refractivity (Wildman–Crippen MR) is 117 cm³/mol. The van der Waals surface area contributed by atoms with Gasteiger partial charge in [-0.2, -0.15) is 0 Å². The van der Waals surface area contributed by atoms with Gasteiger partial charge in [-0.25, -0.2) is 4.98 Å². The van der Waals surface area contributed by atoms with Gasteiger partial charge in [0, 0.05) is 44.1 Å². The normalized spacial score (nSPS) is 11.1. The molecular weight excluding hydrogens is 447 g/mol. The molecule has 0 bridgehead atoms. The maximum absolute atomic E-state index is 5.30. The van der Waals surface area contributed by atoms with Crippen LogP contribution in [-0.2, 0) is 11.2 Å². The Balaban J connectivity index is 0.00000312. The molecule has 0 fully saturated rings. The average molecular weight is 474 g/mol. The zero-order chi connectivity index (χ0) is 17.2. The highest BCUT2D eigenvalue weighted by Crippen LogP contribution is 2.24. The SMILES string of the molecule is CCOCCNC(=NC)NCCc1csc(-c2ccc(C)cc2)n1.I. The molecule has 2 N–H and O–H groups in total. The molecule has 0 saturated carbocycles. The Kier molecular flexibility index (Phi) is 10.7. The van der Waals surface area contributed by atoms with E-state index < -0.39 is 0 Å². The van der Waals surface area contributed by atoms with Crippen LogP contribution >= 0.6 is 35.3 Å². The van der Waals surface area contributed by atoms with Crippen molar-refractivity contribution in [2.45, 2.75) is 20.3 Å². The van der Waals surface area contributed by atoms with E-state index in [-0.39, 0.29) is 24.0 Å². The first-order valence-electron chi connectivity index (χ1n) is 8.26. The second-order valence-electron chi connectivity index (χ2n) is 5.38. The topological polar surface area (TPSA) is 58.5 Å². The summed E-state index contributed by atoms with van der Waals surface area (Å²) in [5.41, 5.74) is 3.55. The van der Waals surface area contributed by atoms with E-state index in [0.29, 0.717) is 6.61 Å². The zero-order valence-corrected chi connectivity index (χ0v) is 18.2. The molecular formula is C18H27IN4OS. The van der Waals surface area contributed by atoms with Gasteiger partial charge < -0.3 is 15.4 Å². The third-order valence-corrected chi connectivity index (χ3v) is 4.43. The third kappa shape index (κ3) is 7.70. The summed E-state index contributed by atoms with van der Waals surface area (Å²) in [5, 5.41) is 9.72. The Labute approximate surface area is 171 Å². The number of hydrogen-bond acceptors (Lipinski definition) is 4. The Morgan fingerprint density at radius 1 is 1.20 bits per heavy atom. The summed E-state index contributed by atoms with van der Waals surface area (Å²) in [6, 6.07) is 8.49. The highest BCUT2D eigenvalue weighted by atomic mass is 127. The van der Waals surface area contributed by atoms with E-state index in [1.165, 1.54) is 11.1 Å². The lowest BCUT2D eigenvalue weighted by Gasteiger charge is -2.11. The summed E-state index contributed by atoms with van der Waals surface area (Å²) in [6.07, 6.45) is 0.870. The molecule has 0 radical (unpaired) electrons. The van der Waals surface area contributed by atoms with E-state index in [2.05, 4.69) is 52.2 Å². The molecule has 25 heavy (non-hydrogen) atoms. The lowest BCUT2D eigenvalue weighted by molar-refractivity contribution is 0.152. The summed E-state index contributed by atoms with van der Waals surface area (Å²) in [5.74, 6) is 0.795. The first kappa shape index (κ1) is 21.9. The lowest BCUT2D eigenvalue weighted by atomic mass is 10.2. The van der Waals surface area contributed by atoms with Crippen molar-refractivity contribution in [2.24, 2.45) is 4.99 Å². The number of rotatable bonds is 8. The number of nitrogens with one attached hydrogen (secondary N) is 2. The third-order valence-electron chi connectivity index (χ3n) is 3.49. The minimum atomic E-state index is 0. The number of nitrogens with zero attached hydrogens (tertiary/aromatic N) is 2. The fourth-order valence-corrected chi connectivity index (χ4v) is 3.03. The molecule has 138 valence electrons. The van der Waals surface area contributed by atoms with E-state index in [4.69, 9.17) is 9.72 Å². The van der Waals surface area contributed by atoms with Crippen molar-refractivity contribution >= 4 is 41.3 Å². The molecule has 0 aliphatic heterocycles. The largest absolute Gasteiger partial charge is 0.380 e. The molecule has 0 atom stereocenters. The number of benzene rings is 1. The number of hydrogen-bond donors (Lipinski definition) is 2. The van der Waals surface area contributed by atoms with Crippen molar-refractivity contribution in [3.05, 3.63) is 40.9 Å². The first-order chi connectivity index (χ1) is 11.7. The van der Waals surface area contributed by atoms with Crippen LogP contribution in [-0.4, -0.2) is 44.3 Å². The Morgan fingerprint density at radius 2 is 1.92 bits per heavy atom. The van der Waals surface area contributed by atoms with Gasteiger partial charge in [-0.1, -0.05) is 29.8 Å². The van der Waals surface area contributed by atoms with Crippen LogP contribution in [0.25, 0.3) is 10.6 Å². The lowest BCUT2D eigenvalue weighted by Crippen LogP contribution is -2.39. The molecule has 0 saturated heterocycles. The minimum absolute atomic E-state index is 0. The number of halogens is 1. The summed E-state index contributed by atoms with van der Waals surface area (Å²) < 4.78 is 5.30. The van der Waals surface area contributed by atoms with Gasteiger partial charge in [0.05, 0.1) is 12.3 Å². The van der Waals surface area contributed by atoms with Crippen molar-refractivity contribution in [2.75, 3.05) is 33.4 Å².